The molecule has 0 aliphatic rings. The molecule has 2 unspecified atom stereocenters. The first-order valence-corrected chi connectivity index (χ1v) is 48.5. The van der Waals surface area contributed by atoms with Gasteiger partial charge in [-0.2, -0.15) is 0 Å². The summed E-state index contributed by atoms with van der Waals surface area (Å²) in [6.07, 6.45) is 72.5. The summed E-state index contributed by atoms with van der Waals surface area (Å²) in [7, 11) is -9.93. The van der Waals surface area contributed by atoms with Crippen molar-refractivity contribution in [3.8, 4) is 0 Å². The van der Waals surface area contributed by atoms with Crippen LogP contribution >= 0.6 is 15.6 Å². The molecule has 19 heteroatoms. The van der Waals surface area contributed by atoms with Crippen LogP contribution in [0, 0.1) is 11.8 Å². The number of carbonyl (C=O) groups excluding carboxylic acids is 4. The zero-order valence-corrected chi connectivity index (χ0v) is 72.2. The lowest BCUT2D eigenvalue weighted by atomic mass is 10.0. The molecule has 0 aromatic heterocycles. The smallest absolute Gasteiger partial charge is 0.462 e. The van der Waals surface area contributed by atoms with Gasteiger partial charge in [-0.1, -0.05) is 420 Å². The van der Waals surface area contributed by atoms with Gasteiger partial charge in [0.25, 0.3) is 0 Å². The van der Waals surface area contributed by atoms with Gasteiger partial charge in [0, 0.05) is 25.7 Å². The molecular formula is C88H172O17P2. The largest absolute Gasteiger partial charge is 0.472 e. The fraction of sp³-hybridized carbons (Fsp3) is 0.955. The lowest BCUT2D eigenvalue weighted by molar-refractivity contribution is -0.161. The zero-order valence-electron chi connectivity index (χ0n) is 70.5. The Balaban J connectivity index is 5.20. The van der Waals surface area contributed by atoms with Gasteiger partial charge in [0.2, 0.25) is 0 Å². The molecule has 0 bridgehead atoms. The van der Waals surface area contributed by atoms with E-state index in [0.717, 1.165) is 102 Å². The molecule has 17 nitrogen and oxygen atoms in total. The van der Waals surface area contributed by atoms with Crippen LogP contribution in [0.2, 0.25) is 0 Å². The van der Waals surface area contributed by atoms with E-state index in [-0.39, 0.29) is 25.7 Å². The van der Waals surface area contributed by atoms with Crippen molar-refractivity contribution < 1.29 is 80.2 Å². The monoisotopic (exact) mass is 1560 g/mol. The number of hydrogen-bond donors (Lipinski definition) is 3. The number of rotatable bonds is 87. The first kappa shape index (κ1) is 105. The third-order valence-electron chi connectivity index (χ3n) is 20.7. The summed E-state index contributed by atoms with van der Waals surface area (Å²) in [6.45, 7) is 9.64. The summed E-state index contributed by atoms with van der Waals surface area (Å²) in [5.74, 6) is -0.602. The number of ether oxygens (including phenoxy) is 4. The van der Waals surface area contributed by atoms with Crippen molar-refractivity contribution in [3.05, 3.63) is 0 Å². The van der Waals surface area contributed by atoms with E-state index in [0.29, 0.717) is 31.6 Å². The third-order valence-corrected chi connectivity index (χ3v) is 22.6. The highest BCUT2D eigenvalue weighted by Gasteiger charge is 2.30. The lowest BCUT2D eigenvalue weighted by Gasteiger charge is -2.21. The van der Waals surface area contributed by atoms with Crippen LogP contribution in [-0.4, -0.2) is 96.7 Å². The van der Waals surface area contributed by atoms with Crippen molar-refractivity contribution in [1.82, 2.24) is 0 Å². The molecule has 0 aliphatic heterocycles. The average molecular weight is 1560 g/mol. The van der Waals surface area contributed by atoms with Gasteiger partial charge in [0.15, 0.2) is 12.2 Å². The molecule has 0 aromatic carbocycles. The maximum atomic E-state index is 13.2. The van der Waals surface area contributed by atoms with Gasteiger partial charge in [-0.15, -0.1) is 0 Å². The molecule has 0 aromatic rings. The minimum Gasteiger partial charge on any atom is -0.462 e. The van der Waals surface area contributed by atoms with Crippen molar-refractivity contribution >= 4 is 39.5 Å². The van der Waals surface area contributed by atoms with E-state index in [1.807, 2.05) is 0 Å². The zero-order chi connectivity index (χ0) is 78.5. The highest BCUT2D eigenvalue weighted by atomic mass is 31.2. The number of esters is 4. The minimum atomic E-state index is -4.97. The number of carbonyl (C=O) groups is 4. The first-order valence-electron chi connectivity index (χ1n) is 45.5. The van der Waals surface area contributed by atoms with Gasteiger partial charge in [-0.3, -0.25) is 37.3 Å². The number of hydrogen-bond acceptors (Lipinski definition) is 15. The Hall–Kier alpha value is -1.94. The second kappa shape index (κ2) is 79.3. The second-order valence-corrected chi connectivity index (χ2v) is 35.5. The Morgan fingerprint density at radius 2 is 0.430 bits per heavy atom. The van der Waals surface area contributed by atoms with Gasteiger partial charge < -0.3 is 33.8 Å². The van der Waals surface area contributed by atoms with E-state index in [9.17, 15) is 43.2 Å². The van der Waals surface area contributed by atoms with Gasteiger partial charge in [-0.05, 0) is 37.5 Å². The third kappa shape index (κ3) is 81.9. The van der Waals surface area contributed by atoms with Crippen LogP contribution in [0.3, 0.4) is 0 Å². The van der Waals surface area contributed by atoms with Gasteiger partial charge in [0.05, 0.1) is 26.4 Å². The standard InChI is InChI=1S/C88H172O17P2/c1-7-9-11-13-15-17-19-21-23-25-27-32-35-39-43-47-51-58-64-70-85(90)98-76-83(104-87(92)72-66-61-53-49-45-41-37-33-29-28-30-34-38-42-46-50-56-62-68-80(3)4)78-102-106(94,95)100-74-82(89)75-101-107(96,97)103-79-84(77-99-86(91)71-65-59-55-54-57-63-69-81(5)6)105-88(93)73-67-60-52-48-44-40-36-31-26-24-22-20-18-16-14-12-10-8-2/h80-84,89H,7-79H2,1-6H3,(H,94,95)(H,96,97)/t82-,83-,84-/m1/s1. The maximum absolute atomic E-state index is 13.2. The Labute approximate surface area is 658 Å². The fourth-order valence-corrected chi connectivity index (χ4v) is 15.4. The molecule has 0 heterocycles. The van der Waals surface area contributed by atoms with Crippen LogP contribution in [0.15, 0.2) is 0 Å². The first-order chi connectivity index (χ1) is 51.9. The van der Waals surface area contributed by atoms with Crippen molar-refractivity contribution in [2.45, 2.75) is 490 Å². The van der Waals surface area contributed by atoms with Crippen LogP contribution in [0.25, 0.3) is 0 Å². The molecule has 0 fully saturated rings. The number of phosphoric acid groups is 2. The number of aliphatic hydroxyl groups is 1. The summed E-state index contributed by atoms with van der Waals surface area (Å²) in [6, 6.07) is 0. The summed E-state index contributed by atoms with van der Waals surface area (Å²) < 4.78 is 68.9. The summed E-state index contributed by atoms with van der Waals surface area (Å²) in [4.78, 5) is 73.2. The Morgan fingerprint density at radius 3 is 0.636 bits per heavy atom. The number of unbranched alkanes of at least 4 members (excludes halogenated alkanes) is 57. The van der Waals surface area contributed by atoms with E-state index in [1.165, 1.54) is 283 Å². The Morgan fingerprint density at radius 1 is 0.252 bits per heavy atom. The van der Waals surface area contributed by atoms with Crippen molar-refractivity contribution in [2.75, 3.05) is 39.6 Å². The average Bonchev–Trinajstić information content (AvgIpc) is 0.905. The molecule has 0 aliphatic carbocycles. The SMILES string of the molecule is CCCCCCCCCCCCCCCCCCCCCC(=O)OC[C@H](COP(=O)(O)OC[C@@H](O)COP(=O)(O)OC[C@@H](COC(=O)CCCCCCCCC(C)C)OC(=O)CCCCCCCCCCCCCCCCCCCC)OC(=O)CCCCCCCCCCCCCCCCCCCCC(C)C. The Kier molecular flexibility index (Phi) is 77.9. The fourth-order valence-electron chi connectivity index (χ4n) is 13.8. The highest BCUT2D eigenvalue weighted by molar-refractivity contribution is 7.47. The summed E-state index contributed by atoms with van der Waals surface area (Å²) in [5, 5.41) is 10.7. The molecule has 0 amide bonds. The van der Waals surface area contributed by atoms with Crippen molar-refractivity contribution in [2.24, 2.45) is 11.8 Å². The van der Waals surface area contributed by atoms with Crippen LogP contribution < -0.4 is 0 Å². The molecule has 0 radical (unpaired) electrons. The van der Waals surface area contributed by atoms with E-state index >= 15 is 0 Å². The molecule has 5 atom stereocenters. The molecule has 0 saturated carbocycles. The molecule has 636 valence electrons. The van der Waals surface area contributed by atoms with Crippen molar-refractivity contribution in [1.29, 1.82) is 0 Å². The Bertz CT molecular complexity index is 2050. The quantitative estimate of drug-likeness (QED) is 0.0222. The number of phosphoric ester groups is 2. The number of aliphatic hydroxyl groups excluding tert-OH is 1. The molecule has 0 rings (SSSR count). The second-order valence-electron chi connectivity index (χ2n) is 32.6. The van der Waals surface area contributed by atoms with Crippen LogP contribution in [0.1, 0.15) is 472 Å². The molecule has 3 N–H and O–H groups in total. The van der Waals surface area contributed by atoms with Crippen LogP contribution in [0.5, 0.6) is 0 Å². The van der Waals surface area contributed by atoms with Gasteiger partial charge in [0.1, 0.15) is 19.3 Å². The molecule has 0 spiro atoms. The van der Waals surface area contributed by atoms with E-state index in [4.69, 9.17) is 37.0 Å². The van der Waals surface area contributed by atoms with E-state index in [1.54, 1.807) is 0 Å². The van der Waals surface area contributed by atoms with Crippen LogP contribution in [0.4, 0.5) is 0 Å². The normalized spacial score (nSPS) is 13.8. The topological polar surface area (TPSA) is 237 Å². The highest BCUT2D eigenvalue weighted by Crippen LogP contribution is 2.45. The maximum Gasteiger partial charge on any atom is 0.472 e. The predicted octanol–water partition coefficient (Wildman–Crippen LogP) is 27.0. The molecule has 107 heavy (non-hydrogen) atoms. The van der Waals surface area contributed by atoms with E-state index < -0.39 is 97.5 Å². The summed E-state index contributed by atoms with van der Waals surface area (Å²) in [5.41, 5.74) is 0. The minimum absolute atomic E-state index is 0.108. The molecule has 0 saturated heterocycles. The van der Waals surface area contributed by atoms with Crippen molar-refractivity contribution in [3.63, 3.8) is 0 Å². The lowest BCUT2D eigenvalue weighted by Crippen LogP contribution is -2.30. The van der Waals surface area contributed by atoms with E-state index in [2.05, 4.69) is 41.5 Å². The van der Waals surface area contributed by atoms with Crippen LogP contribution in [-0.2, 0) is 65.4 Å². The predicted molar refractivity (Wildman–Crippen MR) is 442 cm³/mol. The van der Waals surface area contributed by atoms with Gasteiger partial charge >= 0.3 is 39.5 Å². The molecular weight excluding hydrogens is 1390 g/mol. The van der Waals surface area contributed by atoms with Gasteiger partial charge in [-0.25, -0.2) is 9.13 Å². The summed E-state index contributed by atoms with van der Waals surface area (Å²) >= 11 is 0.